The number of nitrogens with zero attached hydrogens (tertiary/aromatic N) is 1. The molecule has 0 heterocycles. The van der Waals surface area contributed by atoms with Crippen molar-refractivity contribution in [2.45, 2.75) is 18.9 Å². The number of carboxylic acids is 1. The Kier molecular flexibility index (Phi) is 6.18. The SMILES string of the molecule is N#Cc1ccc(C(=[NH2+])COc2ccc(COc3ccc(C4CC4C(=O)O)cc3)cc2)cc1. The van der Waals surface area contributed by atoms with Crippen LogP contribution in [0.1, 0.15) is 34.6 Å². The van der Waals surface area contributed by atoms with Crippen LogP contribution in [0.15, 0.2) is 72.8 Å². The van der Waals surface area contributed by atoms with Crippen LogP contribution in [-0.2, 0) is 11.4 Å². The van der Waals surface area contributed by atoms with E-state index in [0.29, 0.717) is 30.1 Å². The highest BCUT2D eigenvalue weighted by atomic mass is 16.5. The number of hydrogen-bond acceptors (Lipinski definition) is 4. The lowest BCUT2D eigenvalue weighted by molar-refractivity contribution is -0.138. The molecule has 0 radical (unpaired) electrons. The molecule has 0 spiro atoms. The van der Waals surface area contributed by atoms with E-state index in [-0.39, 0.29) is 18.4 Å². The third-order valence-corrected chi connectivity index (χ3v) is 5.52. The predicted octanol–water partition coefficient (Wildman–Crippen LogP) is 2.95. The molecule has 6 heteroatoms. The van der Waals surface area contributed by atoms with Crippen LogP contribution in [0.5, 0.6) is 11.5 Å². The highest BCUT2D eigenvalue weighted by Crippen LogP contribution is 2.47. The Morgan fingerprint density at radius 1 is 0.969 bits per heavy atom. The van der Waals surface area contributed by atoms with Gasteiger partial charge in [0.25, 0.3) is 0 Å². The zero-order valence-corrected chi connectivity index (χ0v) is 17.4. The van der Waals surface area contributed by atoms with Crippen molar-refractivity contribution in [2.24, 2.45) is 5.92 Å². The fraction of sp³-hybridized carbons (Fsp3) is 0.192. The summed E-state index contributed by atoms with van der Waals surface area (Å²) < 4.78 is 11.6. The summed E-state index contributed by atoms with van der Waals surface area (Å²) in [6.45, 7) is 0.665. The molecule has 32 heavy (non-hydrogen) atoms. The third kappa shape index (κ3) is 5.13. The first-order valence-electron chi connectivity index (χ1n) is 10.3. The molecular weight excluding hydrogens is 404 g/mol. The van der Waals surface area contributed by atoms with Crippen molar-refractivity contribution in [1.82, 2.24) is 0 Å². The van der Waals surface area contributed by atoms with Gasteiger partial charge in [0.05, 0.1) is 17.6 Å². The molecule has 1 aliphatic carbocycles. The molecule has 2 atom stereocenters. The number of hydrogen-bond donors (Lipinski definition) is 2. The number of benzene rings is 3. The first-order chi connectivity index (χ1) is 15.5. The van der Waals surface area contributed by atoms with E-state index in [1.54, 1.807) is 24.3 Å². The zero-order chi connectivity index (χ0) is 22.5. The number of carboxylic acid groups (broad SMARTS) is 1. The molecule has 0 bridgehead atoms. The maximum Gasteiger partial charge on any atom is 0.307 e. The Labute approximate surface area is 186 Å². The Morgan fingerprint density at radius 2 is 1.59 bits per heavy atom. The highest BCUT2D eigenvalue weighted by Gasteiger charge is 2.44. The fourth-order valence-electron chi connectivity index (χ4n) is 3.50. The minimum Gasteiger partial charge on any atom is -0.489 e. The lowest BCUT2D eigenvalue weighted by Crippen LogP contribution is -2.43. The Bertz CT molecular complexity index is 1150. The molecule has 1 fully saturated rings. The molecule has 160 valence electrons. The van der Waals surface area contributed by atoms with Gasteiger partial charge < -0.3 is 14.6 Å². The van der Waals surface area contributed by atoms with E-state index in [1.165, 1.54) is 0 Å². The van der Waals surface area contributed by atoms with Gasteiger partial charge in [-0.3, -0.25) is 10.2 Å². The van der Waals surface area contributed by atoms with Crippen LogP contribution in [0, 0.1) is 17.2 Å². The minimum atomic E-state index is -0.724. The molecule has 6 nitrogen and oxygen atoms in total. The summed E-state index contributed by atoms with van der Waals surface area (Å²) in [6.07, 6.45) is 0.709. The van der Waals surface area contributed by atoms with Gasteiger partial charge in [-0.1, -0.05) is 24.3 Å². The van der Waals surface area contributed by atoms with Crippen LogP contribution >= 0.6 is 0 Å². The average molecular weight is 427 g/mol. The van der Waals surface area contributed by atoms with Crippen LogP contribution in [0.25, 0.3) is 0 Å². The van der Waals surface area contributed by atoms with E-state index in [0.717, 1.165) is 22.4 Å². The Balaban J connectivity index is 1.24. The number of nitrogens with two attached hydrogens (primary N) is 1. The van der Waals surface area contributed by atoms with Gasteiger partial charge in [0.15, 0.2) is 6.61 Å². The third-order valence-electron chi connectivity index (χ3n) is 5.52. The van der Waals surface area contributed by atoms with Gasteiger partial charge in [-0.2, -0.15) is 5.26 Å². The quantitative estimate of drug-likeness (QED) is 0.511. The normalized spacial score (nSPS) is 16.6. The van der Waals surface area contributed by atoms with E-state index in [9.17, 15) is 4.79 Å². The van der Waals surface area contributed by atoms with Crippen LogP contribution in [0.3, 0.4) is 0 Å². The molecule has 3 N–H and O–H groups in total. The van der Waals surface area contributed by atoms with Crippen LogP contribution in [-0.4, -0.2) is 23.4 Å². The molecule has 1 aliphatic rings. The van der Waals surface area contributed by atoms with E-state index in [1.807, 2.05) is 48.5 Å². The topological polar surface area (TPSA) is 105 Å². The van der Waals surface area contributed by atoms with Crippen molar-refractivity contribution >= 4 is 11.7 Å². The lowest BCUT2D eigenvalue weighted by atomic mass is 10.1. The molecule has 4 rings (SSSR count). The zero-order valence-electron chi connectivity index (χ0n) is 17.4. The summed E-state index contributed by atoms with van der Waals surface area (Å²) in [5.41, 5.74) is 4.05. The van der Waals surface area contributed by atoms with E-state index in [2.05, 4.69) is 6.07 Å². The van der Waals surface area contributed by atoms with Gasteiger partial charge >= 0.3 is 5.97 Å². The summed E-state index contributed by atoms with van der Waals surface area (Å²) >= 11 is 0. The molecule has 0 aromatic heterocycles. The number of ether oxygens (including phenoxy) is 2. The molecular formula is C26H23N2O4+. The Morgan fingerprint density at radius 3 is 2.19 bits per heavy atom. The monoisotopic (exact) mass is 427 g/mol. The predicted molar refractivity (Wildman–Crippen MR) is 118 cm³/mol. The molecule has 2 unspecified atom stereocenters. The standard InChI is InChI=1S/C26H22N2O4/c27-14-17-1-5-20(6-2-17)25(28)16-32-21-9-3-18(4-10-21)15-31-22-11-7-19(8-12-22)23-13-24(23)26(29)30/h1-12,23-24,28H,13,15-16H2,(H,29,30)/p+1. The van der Waals surface area contributed by atoms with Crippen molar-refractivity contribution in [3.8, 4) is 17.6 Å². The lowest BCUT2D eigenvalue weighted by Gasteiger charge is -2.09. The molecule has 0 aliphatic heterocycles. The molecule has 0 amide bonds. The smallest absolute Gasteiger partial charge is 0.307 e. The highest BCUT2D eigenvalue weighted by molar-refractivity contribution is 5.97. The van der Waals surface area contributed by atoms with Crippen molar-refractivity contribution in [1.29, 1.82) is 5.26 Å². The second-order valence-electron chi connectivity index (χ2n) is 7.79. The Hall–Kier alpha value is -4.11. The summed E-state index contributed by atoms with van der Waals surface area (Å²) in [5, 5.41) is 24.0. The molecule has 1 saturated carbocycles. The van der Waals surface area contributed by atoms with Crippen molar-refractivity contribution < 1.29 is 24.8 Å². The van der Waals surface area contributed by atoms with Crippen molar-refractivity contribution in [2.75, 3.05) is 6.61 Å². The largest absolute Gasteiger partial charge is 0.489 e. The first kappa shape index (κ1) is 21.1. The number of carbonyl (C=O) groups is 1. The van der Waals surface area contributed by atoms with Crippen molar-refractivity contribution in [3.05, 3.63) is 95.1 Å². The van der Waals surface area contributed by atoms with Gasteiger partial charge in [-0.05, 0) is 72.0 Å². The van der Waals surface area contributed by atoms with Crippen LogP contribution in [0.4, 0.5) is 0 Å². The van der Waals surface area contributed by atoms with E-state index in [4.69, 9.17) is 25.3 Å². The summed E-state index contributed by atoms with van der Waals surface area (Å²) in [6, 6.07) is 24.4. The summed E-state index contributed by atoms with van der Waals surface area (Å²) in [7, 11) is 0. The van der Waals surface area contributed by atoms with Crippen molar-refractivity contribution in [3.63, 3.8) is 0 Å². The maximum atomic E-state index is 11.0. The van der Waals surface area contributed by atoms with E-state index < -0.39 is 5.97 Å². The second kappa shape index (κ2) is 9.36. The molecule has 0 saturated heterocycles. The number of aliphatic carboxylic acids is 1. The first-order valence-corrected chi connectivity index (χ1v) is 10.3. The van der Waals surface area contributed by atoms with Crippen LogP contribution in [0.2, 0.25) is 0 Å². The van der Waals surface area contributed by atoms with Gasteiger partial charge in [-0.25, -0.2) is 0 Å². The molecule has 3 aromatic carbocycles. The van der Waals surface area contributed by atoms with Crippen LogP contribution < -0.4 is 14.9 Å². The molecule has 3 aromatic rings. The second-order valence-corrected chi connectivity index (χ2v) is 7.79. The number of nitriles is 1. The summed E-state index contributed by atoms with van der Waals surface area (Å²) in [5.74, 6) is 0.591. The number of rotatable bonds is 9. The average Bonchev–Trinajstić information content (AvgIpc) is 3.64. The van der Waals surface area contributed by atoms with E-state index >= 15 is 0 Å². The van der Waals surface area contributed by atoms with Gasteiger partial charge in [0.2, 0.25) is 5.71 Å². The van der Waals surface area contributed by atoms with Gasteiger partial charge in [0.1, 0.15) is 18.1 Å². The summed E-state index contributed by atoms with van der Waals surface area (Å²) in [4.78, 5) is 11.0. The van der Waals surface area contributed by atoms with Gasteiger partial charge in [-0.15, -0.1) is 0 Å². The maximum absolute atomic E-state index is 11.0. The van der Waals surface area contributed by atoms with Gasteiger partial charge in [0, 0.05) is 5.56 Å². The minimum absolute atomic E-state index is 0.122. The fourth-order valence-corrected chi connectivity index (χ4v) is 3.50.